The van der Waals surface area contributed by atoms with Crippen LogP contribution in [-0.4, -0.2) is 59.6 Å². The third-order valence-electron chi connectivity index (χ3n) is 13.7. The molecule has 0 amide bonds. The molecule has 0 saturated heterocycles. The molecule has 0 aliphatic carbocycles. The molecule has 6 aromatic rings. The fourth-order valence-corrected chi connectivity index (χ4v) is 9.05. The lowest BCUT2D eigenvalue weighted by Crippen LogP contribution is -2.00. The highest BCUT2D eigenvalue weighted by Crippen LogP contribution is 2.27. The van der Waals surface area contributed by atoms with Gasteiger partial charge in [0.15, 0.2) is 23.1 Å². The Morgan fingerprint density at radius 2 is 0.421 bits per heavy atom. The zero-order valence-corrected chi connectivity index (χ0v) is 46.4. The van der Waals surface area contributed by atoms with E-state index in [4.69, 9.17) is 28.4 Å². The van der Waals surface area contributed by atoms with Crippen molar-refractivity contribution in [3.8, 4) is 68.4 Å². The molecule has 0 radical (unpaired) electrons. The standard InChI is InChI=1S/C66H90N4O6/c1-3-5-7-9-17-23-45-71-59-37-29-55(30-38-59)56-31-39-60(40-32-56)72-46-24-19-13-11-14-20-25-47-73-61-43-35-58(36-44-61)66-69-53-64(54-70-66)76-50-28-22-16-12-15-21-26-48-74-62-41-33-57(34-42-62)65-67-51-63(52-68-65)75-49-27-18-10-8-6-4-2/h29-44,51-54H,3-28,45-50H2,1-2H3. The van der Waals surface area contributed by atoms with Crippen LogP contribution in [0.4, 0.5) is 0 Å². The first-order valence-corrected chi connectivity index (χ1v) is 29.5. The van der Waals surface area contributed by atoms with Crippen LogP contribution in [0, 0.1) is 0 Å². The van der Waals surface area contributed by atoms with Crippen LogP contribution in [0.15, 0.2) is 122 Å². The number of ether oxygens (including phenoxy) is 6. The van der Waals surface area contributed by atoms with Gasteiger partial charge in [0.05, 0.1) is 64.4 Å². The summed E-state index contributed by atoms with van der Waals surface area (Å²) >= 11 is 0. The van der Waals surface area contributed by atoms with Crippen molar-refractivity contribution in [1.29, 1.82) is 0 Å². The van der Waals surface area contributed by atoms with Crippen LogP contribution in [0.5, 0.6) is 34.5 Å². The van der Waals surface area contributed by atoms with Gasteiger partial charge in [-0.2, -0.15) is 0 Å². The largest absolute Gasteiger partial charge is 0.494 e. The smallest absolute Gasteiger partial charge is 0.159 e. The molecule has 10 heteroatoms. The topological polar surface area (TPSA) is 107 Å². The van der Waals surface area contributed by atoms with E-state index in [1.54, 1.807) is 24.8 Å². The van der Waals surface area contributed by atoms with E-state index >= 15 is 0 Å². The summed E-state index contributed by atoms with van der Waals surface area (Å²) in [6.45, 7) is 8.89. The Hall–Kier alpha value is -6.16. The van der Waals surface area contributed by atoms with Crippen molar-refractivity contribution in [3.63, 3.8) is 0 Å². The highest BCUT2D eigenvalue weighted by molar-refractivity contribution is 5.65. The molecule has 410 valence electrons. The van der Waals surface area contributed by atoms with Gasteiger partial charge >= 0.3 is 0 Å². The zero-order chi connectivity index (χ0) is 52.8. The van der Waals surface area contributed by atoms with E-state index in [0.29, 0.717) is 30.6 Å². The van der Waals surface area contributed by atoms with Gasteiger partial charge in [-0.1, -0.05) is 167 Å². The predicted molar refractivity (Wildman–Crippen MR) is 311 cm³/mol. The first-order valence-electron chi connectivity index (χ1n) is 29.5. The van der Waals surface area contributed by atoms with Crippen LogP contribution in [-0.2, 0) is 0 Å². The summed E-state index contributed by atoms with van der Waals surface area (Å²) in [5, 5.41) is 0. The molecular formula is C66H90N4O6. The van der Waals surface area contributed by atoms with Crippen LogP contribution in [0.2, 0.25) is 0 Å². The Kier molecular flexibility index (Phi) is 29.2. The molecule has 0 fully saturated rings. The molecule has 0 atom stereocenters. The summed E-state index contributed by atoms with van der Waals surface area (Å²) in [5.41, 5.74) is 4.31. The van der Waals surface area contributed by atoms with Gasteiger partial charge in [0.25, 0.3) is 0 Å². The van der Waals surface area contributed by atoms with Crippen molar-refractivity contribution in [2.75, 3.05) is 39.6 Å². The minimum Gasteiger partial charge on any atom is -0.494 e. The lowest BCUT2D eigenvalue weighted by Gasteiger charge is -2.09. The lowest BCUT2D eigenvalue weighted by atomic mass is 10.1. The fraction of sp³-hybridized carbons (Fsp3) is 0.515. The maximum atomic E-state index is 6.05. The van der Waals surface area contributed by atoms with Crippen molar-refractivity contribution in [2.45, 2.75) is 181 Å². The van der Waals surface area contributed by atoms with Crippen LogP contribution < -0.4 is 28.4 Å². The second-order valence-corrected chi connectivity index (χ2v) is 20.2. The molecule has 0 bridgehead atoms. The molecule has 76 heavy (non-hydrogen) atoms. The van der Waals surface area contributed by atoms with E-state index < -0.39 is 0 Å². The zero-order valence-electron chi connectivity index (χ0n) is 46.4. The van der Waals surface area contributed by atoms with E-state index in [-0.39, 0.29) is 0 Å². The van der Waals surface area contributed by atoms with E-state index in [1.807, 2.05) is 48.5 Å². The Morgan fingerprint density at radius 1 is 0.224 bits per heavy atom. The number of hydrogen-bond acceptors (Lipinski definition) is 10. The van der Waals surface area contributed by atoms with E-state index in [2.05, 4.69) is 82.3 Å². The van der Waals surface area contributed by atoms with E-state index in [9.17, 15) is 0 Å². The van der Waals surface area contributed by atoms with Crippen molar-refractivity contribution < 1.29 is 28.4 Å². The lowest BCUT2D eigenvalue weighted by molar-refractivity contribution is 0.298. The predicted octanol–water partition coefficient (Wildman–Crippen LogP) is 18.1. The summed E-state index contributed by atoms with van der Waals surface area (Å²) in [6, 6.07) is 33.0. The Bertz CT molecular complexity index is 2180. The maximum Gasteiger partial charge on any atom is 0.159 e. The first kappa shape index (κ1) is 59.1. The second-order valence-electron chi connectivity index (χ2n) is 20.2. The molecule has 0 unspecified atom stereocenters. The van der Waals surface area contributed by atoms with Crippen LogP contribution in [0.25, 0.3) is 33.9 Å². The summed E-state index contributed by atoms with van der Waals surface area (Å²) in [6.07, 6.45) is 38.4. The molecule has 2 heterocycles. The quantitative estimate of drug-likeness (QED) is 0.0344. The van der Waals surface area contributed by atoms with Gasteiger partial charge in [-0.15, -0.1) is 0 Å². The average molecular weight is 1040 g/mol. The maximum absolute atomic E-state index is 6.05. The molecule has 0 N–H and O–H groups in total. The highest BCUT2D eigenvalue weighted by atomic mass is 16.5. The Morgan fingerprint density at radius 3 is 0.658 bits per heavy atom. The van der Waals surface area contributed by atoms with Gasteiger partial charge in [-0.05, 0) is 122 Å². The first-order chi connectivity index (χ1) is 37.7. The minimum absolute atomic E-state index is 0.673. The normalized spacial score (nSPS) is 11.1. The molecular weight excluding hydrogens is 945 g/mol. The summed E-state index contributed by atoms with van der Waals surface area (Å²) in [7, 11) is 0. The SMILES string of the molecule is CCCCCCCCOc1ccc(-c2ccc(OCCCCCCCCCOc3ccc(-c4ncc(OCCCCCCCCCOc5ccc(-c6ncc(OCCCCCCCC)cn6)cc5)cn4)cc3)cc2)cc1. The molecule has 0 aliphatic heterocycles. The van der Waals surface area contributed by atoms with Crippen molar-refractivity contribution in [3.05, 3.63) is 122 Å². The molecule has 2 aromatic heterocycles. The van der Waals surface area contributed by atoms with Gasteiger partial charge in [-0.3, -0.25) is 0 Å². The van der Waals surface area contributed by atoms with Crippen LogP contribution in [0.3, 0.4) is 0 Å². The molecule has 6 rings (SSSR count). The highest BCUT2D eigenvalue weighted by Gasteiger charge is 2.07. The third-order valence-corrected chi connectivity index (χ3v) is 13.7. The molecule has 0 aliphatic rings. The van der Waals surface area contributed by atoms with Gasteiger partial charge in [0, 0.05) is 11.1 Å². The molecule has 4 aromatic carbocycles. The van der Waals surface area contributed by atoms with Crippen LogP contribution >= 0.6 is 0 Å². The van der Waals surface area contributed by atoms with Crippen LogP contribution in [0.1, 0.15) is 181 Å². The molecule has 0 saturated carbocycles. The summed E-state index contributed by atoms with van der Waals surface area (Å²) in [4.78, 5) is 18.1. The second kappa shape index (κ2) is 37.6. The Balaban J connectivity index is 0.700. The number of aromatic nitrogens is 4. The summed E-state index contributed by atoms with van der Waals surface area (Å²) in [5.74, 6) is 6.44. The minimum atomic E-state index is 0.673. The number of unbranched alkanes of at least 4 members (excludes halogenated alkanes) is 22. The number of hydrogen-bond donors (Lipinski definition) is 0. The van der Waals surface area contributed by atoms with E-state index in [0.717, 1.165) is 111 Å². The fourth-order valence-electron chi connectivity index (χ4n) is 9.05. The number of benzene rings is 4. The number of nitrogens with zero attached hydrogens (tertiary/aromatic N) is 4. The van der Waals surface area contributed by atoms with Gasteiger partial charge in [0.2, 0.25) is 0 Å². The van der Waals surface area contributed by atoms with Gasteiger partial charge in [0.1, 0.15) is 23.0 Å². The molecule has 10 nitrogen and oxygen atoms in total. The van der Waals surface area contributed by atoms with Gasteiger partial charge in [-0.25, -0.2) is 19.9 Å². The van der Waals surface area contributed by atoms with Gasteiger partial charge < -0.3 is 28.4 Å². The van der Waals surface area contributed by atoms with Crippen molar-refractivity contribution in [1.82, 2.24) is 19.9 Å². The third kappa shape index (κ3) is 24.2. The van der Waals surface area contributed by atoms with E-state index in [1.165, 1.54) is 133 Å². The average Bonchev–Trinajstić information content (AvgIpc) is 3.46. The summed E-state index contributed by atoms with van der Waals surface area (Å²) < 4.78 is 35.8. The van der Waals surface area contributed by atoms with Crippen molar-refractivity contribution >= 4 is 0 Å². The van der Waals surface area contributed by atoms with Crippen molar-refractivity contribution in [2.24, 2.45) is 0 Å². The monoisotopic (exact) mass is 1030 g/mol. The number of rotatable bonds is 43. The molecule has 0 spiro atoms. The Labute approximate surface area is 457 Å².